The van der Waals surface area contributed by atoms with Gasteiger partial charge in [-0.2, -0.15) is 12.6 Å². The minimum Gasteiger partial charge on any atom is -0.494 e. The minimum atomic E-state index is -0.368. The van der Waals surface area contributed by atoms with Crippen molar-refractivity contribution in [3.63, 3.8) is 0 Å². The van der Waals surface area contributed by atoms with Crippen LogP contribution in [-0.2, 0) is 0 Å². The molecule has 0 amide bonds. The van der Waals surface area contributed by atoms with Gasteiger partial charge >= 0.3 is 0 Å². The predicted molar refractivity (Wildman–Crippen MR) is 58.3 cm³/mol. The van der Waals surface area contributed by atoms with Gasteiger partial charge in [-0.05, 0) is 18.2 Å². The van der Waals surface area contributed by atoms with Crippen molar-refractivity contribution in [2.24, 2.45) is 0 Å². The molecule has 1 aromatic rings. The zero-order chi connectivity index (χ0) is 10.4. The highest BCUT2D eigenvalue weighted by Gasteiger charge is 2.00. The maximum absolute atomic E-state index is 13.0. The summed E-state index contributed by atoms with van der Waals surface area (Å²) in [7, 11) is 1.43. The monoisotopic (exact) mass is 210 g/mol. The molecule has 0 radical (unpaired) electrons. The lowest BCUT2D eigenvalue weighted by Gasteiger charge is -2.00. The van der Waals surface area contributed by atoms with Crippen molar-refractivity contribution in [1.82, 2.24) is 0 Å². The van der Waals surface area contributed by atoms with Gasteiger partial charge in [0.15, 0.2) is 11.6 Å². The van der Waals surface area contributed by atoms with Gasteiger partial charge in [0.05, 0.1) is 7.11 Å². The van der Waals surface area contributed by atoms with Crippen LogP contribution in [0.4, 0.5) is 4.39 Å². The van der Waals surface area contributed by atoms with E-state index in [2.05, 4.69) is 24.5 Å². The van der Waals surface area contributed by atoms with E-state index in [0.717, 1.165) is 17.7 Å². The molecule has 0 saturated carbocycles. The van der Waals surface area contributed by atoms with Crippen molar-refractivity contribution >= 4 is 12.6 Å². The second-order valence-corrected chi connectivity index (χ2v) is 3.07. The van der Waals surface area contributed by atoms with Crippen LogP contribution in [0.2, 0.25) is 0 Å². The highest BCUT2D eigenvalue weighted by molar-refractivity contribution is 7.80. The van der Waals surface area contributed by atoms with Crippen LogP contribution >= 0.6 is 12.6 Å². The van der Waals surface area contributed by atoms with Crippen LogP contribution in [0.3, 0.4) is 0 Å². The van der Waals surface area contributed by atoms with Crippen LogP contribution in [0.5, 0.6) is 5.75 Å². The number of benzene rings is 1. The largest absolute Gasteiger partial charge is 0.494 e. The zero-order valence-corrected chi connectivity index (χ0v) is 8.77. The minimum absolute atomic E-state index is 0.225. The first-order chi connectivity index (χ1) is 6.77. The van der Waals surface area contributed by atoms with Crippen molar-refractivity contribution in [2.45, 2.75) is 6.42 Å². The fraction of sp³-hybridized carbons (Fsp3) is 0.273. The van der Waals surface area contributed by atoms with Gasteiger partial charge in [0.1, 0.15) is 0 Å². The Hall–Kier alpha value is -1.14. The van der Waals surface area contributed by atoms with Crippen LogP contribution in [0.15, 0.2) is 18.2 Å². The van der Waals surface area contributed by atoms with E-state index in [0.29, 0.717) is 0 Å². The van der Waals surface area contributed by atoms with Crippen molar-refractivity contribution in [3.8, 4) is 17.6 Å². The molecule has 3 heteroatoms. The van der Waals surface area contributed by atoms with Crippen LogP contribution in [0, 0.1) is 17.7 Å². The smallest absolute Gasteiger partial charge is 0.165 e. The molecule has 0 saturated heterocycles. The van der Waals surface area contributed by atoms with Crippen molar-refractivity contribution < 1.29 is 9.13 Å². The lowest BCUT2D eigenvalue weighted by atomic mass is 10.2. The van der Waals surface area contributed by atoms with E-state index in [1.807, 2.05) is 0 Å². The van der Waals surface area contributed by atoms with Crippen molar-refractivity contribution in [2.75, 3.05) is 12.9 Å². The number of hydrogen-bond acceptors (Lipinski definition) is 2. The fourth-order valence-electron chi connectivity index (χ4n) is 0.958. The third-order valence-corrected chi connectivity index (χ3v) is 1.84. The number of rotatable bonds is 2. The Morgan fingerprint density at radius 2 is 2.29 bits per heavy atom. The highest BCUT2D eigenvalue weighted by atomic mass is 32.1. The summed E-state index contributed by atoms with van der Waals surface area (Å²) in [6.45, 7) is 0. The molecule has 74 valence electrons. The predicted octanol–water partition coefficient (Wildman–Crippen LogP) is 2.51. The van der Waals surface area contributed by atoms with E-state index in [9.17, 15) is 4.39 Å². The second-order valence-electron chi connectivity index (χ2n) is 2.62. The Morgan fingerprint density at radius 3 is 2.93 bits per heavy atom. The van der Waals surface area contributed by atoms with Gasteiger partial charge in [-0.25, -0.2) is 4.39 Å². The molecule has 0 aliphatic carbocycles. The molecule has 1 nitrogen and oxygen atoms in total. The molecule has 0 N–H and O–H groups in total. The maximum Gasteiger partial charge on any atom is 0.165 e. The Labute approximate surface area is 88.7 Å². The summed E-state index contributed by atoms with van der Waals surface area (Å²) in [5.41, 5.74) is 0.755. The van der Waals surface area contributed by atoms with Gasteiger partial charge < -0.3 is 4.74 Å². The molecule has 0 spiro atoms. The highest BCUT2D eigenvalue weighted by Crippen LogP contribution is 2.17. The number of thiol groups is 1. The quantitative estimate of drug-likeness (QED) is 0.583. The third-order valence-electron chi connectivity index (χ3n) is 1.62. The maximum atomic E-state index is 13.0. The summed E-state index contributed by atoms with van der Waals surface area (Å²) in [5, 5.41) is 0. The van der Waals surface area contributed by atoms with E-state index in [1.165, 1.54) is 13.2 Å². The summed E-state index contributed by atoms with van der Waals surface area (Å²) in [5.74, 6) is 6.40. The van der Waals surface area contributed by atoms with Gasteiger partial charge in [-0.3, -0.25) is 0 Å². The van der Waals surface area contributed by atoms with Crippen molar-refractivity contribution in [1.29, 1.82) is 0 Å². The molecular weight excluding hydrogens is 199 g/mol. The van der Waals surface area contributed by atoms with Crippen molar-refractivity contribution in [3.05, 3.63) is 29.6 Å². The first kappa shape index (κ1) is 10.9. The van der Waals surface area contributed by atoms with E-state index in [4.69, 9.17) is 4.74 Å². The molecular formula is C11H11FOS. The van der Waals surface area contributed by atoms with Gasteiger partial charge in [0.2, 0.25) is 0 Å². The van der Waals surface area contributed by atoms with Crippen LogP contribution in [0.25, 0.3) is 0 Å². The van der Waals surface area contributed by atoms with Gasteiger partial charge in [0, 0.05) is 17.7 Å². The van der Waals surface area contributed by atoms with E-state index in [1.54, 1.807) is 12.1 Å². The second kappa shape index (κ2) is 5.56. The first-order valence-corrected chi connectivity index (χ1v) is 4.84. The van der Waals surface area contributed by atoms with Gasteiger partial charge in [-0.15, -0.1) is 0 Å². The average Bonchev–Trinajstić information content (AvgIpc) is 2.21. The number of hydrogen-bond donors (Lipinski definition) is 1. The number of halogens is 1. The molecule has 0 heterocycles. The standard InChI is InChI=1S/C11H11FOS/c1-13-11-8-9(4-2-3-7-14)5-6-10(11)12/h5-6,8,14H,3,7H2,1H3. The van der Waals surface area contributed by atoms with E-state index in [-0.39, 0.29) is 11.6 Å². The molecule has 0 aromatic heterocycles. The summed E-state index contributed by atoms with van der Waals surface area (Å²) in [6, 6.07) is 4.56. The molecule has 14 heavy (non-hydrogen) atoms. The third kappa shape index (κ3) is 2.97. The van der Waals surface area contributed by atoms with E-state index >= 15 is 0 Å². The lowest BCUT2D eigenvalue weighted by Crippen LogP contribution is -1.88. The average molecular weight is 210 g/mol. The van der Waals surface area contributed by atoms with Crippen LogP contribution < -0.4 is 4.74 Å². The SMILES string of the molecule is COc1cc(C#CCCS)ccc1F. The number of methoxy groups -OCH3 is 1. The topological polar surface area (TPSA) is 9.23 Å². The molecule has 0 atom stereocenters. The molecule has 0 aliphatic heterocycles. The molecule has 1 aromatic carbocycles. The summed E-state index contributed by atoms with van der Waals surface area (Å²) < 4.78 is 17.8. The van der Waals surface area contributed by atoms with Crippen LogP contribution in [0.1, 0.15) is 12.0 Å². The first-order valence-electron chi connectivity index (χ1n) is 4.21. The Kier molecular flexibility index (Phi) is 4.34. The Bertz CT molecular complexity index is 365. The molecule has 0 aliphatic rings. The molecule has 0 bridgehead atoms. The summed E-state index contributed by atoms with van der Waals surface area (Å²) >= 11 is 4.03. The summed E-state index contributed by atoms with van der Waals surface area (Å²) in [6.07, 6.45) is 0.725. The lowest BCUT2D eigenvalue weighted by molar-refractivity contribution is 0.386. The number of ether oxygens (including phenoxy) is 1. The molecule has 0 unspecified atom stereocenters. The van der Waals surface area contributed by atoms with Crippen LogP contribution in [-0.4, -0.2) is 12.9 Å². The Morgan fingerprint density at radius 1 is 1.50 bits per heavy atom. The molecule has 0 fully saturated rings. The Balaban J connectivity index is 2.86. The van der Waals surface area contributed by atoms with Gasteiger partial charge in [-0.1, -0.05) is 11.8 Å². The fourth-order valence-corrected chi connectivity index (χ4v) is 1.07. The van der Waals surface area contributed by atoms with E-state index < -0.39 is 0 Å². The van der Waals surface area contributed by atoms with Gasteiger partial charge in [0.25, 0.3) is 0 Å². The summed E-state index contributed by atoms with van der Waals surface area (Å²) in [4.78, 5) is 0. The molecule has 1 rings (SSSR count). The normalized spacial score (nSPS) is 9.07. The zero-order valence-electron chi connectivity index (χ0n) is 7.88.